The van der Waals surface area contributed by atoms with E-state index < -0.39 is 0 Å². The minimum atomic E-state index is 0.210. The molecule has 2 aromatic rings. The van der Waals surface area contributed by atoms with Gasteiger partial charge in [-0.25, -0.2) is 0 Å². The van der Waals surface area contributed by atoms with Crippen LogP contribution in [-0.4, -0.2) is 34.0 Å². The summed E-state index contributed by atoms with van der Waals surface area (Å²) in [6, 6.07) is 4.11. The number of hydrogen-bond acceptors (Lipinski definition) is 5. The lowest BCUT2D eigenvalue weighted by Gasteiger charge is -2.31. The fraction of sp³-hybridized carbons (Fsp3) is 0.533. The zero-order valence-corrected chi connectivity index (χ0v) is 12.9. The number of thiophene rings is 1. The lowest BCUT2D eigenvalue weighted by Crippen LogP contribution is -2.39. The van der Waals surface area contributed by atoms with Crippen LogP contribution in [-0.2, 0) is 11.2 Å². The van der Waals surface area contributed by atoms with Crippen LogP contribution in [0.3, 0.4) is 0 Å². The third kappa shape index (κ3) is 3.50. The van der Waals surface area contributed by atoms with E-state index in [9.17, 15) is 4.79 Å². The number of nitrogens with zero attached hydrogens (tertiary/aromatic N) is 3. The van der Waals surface area contributed by atoms with Gasteiger partial charge in [-0.2, -0.15) is 4.98 Å². The molecule has 1 aliphatic rings. The molecule has 1 fully saturated rings. The van der Waals surface area contributed by atoms with Crippen LogP contribution in [0.5, 0.6) is 0 Å². The van der Waals surface area contributed by atoms with Gasteiger partial charge in [0.05, 0.1) is 0 Å². The molecule has 1 saturated heterocycles. The van der Waals surface area contributed by atoms with Crippen molar-refractivity contribution in [2.24, 2.45) is 0 Å². The number of hydrogen-bond donors (Lipinski definition) is 0. The van der Waals surface area contributed by atoms with Crippen LogP contribution in [0.25, 0.3) is 0 Å². The molecule has 5 nitrogen and oxygen atoms in total. The number of aromatic nitrogens is 2. The summed E-state index contributed by atoms with van der Waals surface area (Å²) in [5, 5.41) is 6.05. The summed E-state index contributed by atoms with van der Waals surface area (Å²) in [5.41, 5.74) is 0. The smallest absolute Gasteiger partial charge is 0.223 e. The van der Waals surface area contributed by atoms with Crippen LogP contribution in [0.4, 0.5) is 0 Å². The first kappa shape index (κ1) is 14.3. The van der Waals surface area contributed by atoms with Crippen molar-refractivity contribution >= 4 is 17.2 Å². The van der Waals surface area contributed by atoms with Crippen molar-refractivity contribution in [2.75, 3.05) is 13.1 Å². The second-order valence-electron chi connectivity index (χ2n) is 5.43. The Morgan fingerprint density at radius 3 is 3.19 bits per heavy atom. The molecule has 3 rings (SSSR count). The van der Waals surface area contributed by atoms with Crippen LogP contribution < -0.4 is 0 Å². The van der Waals surface area contributed by atoms with Gasteiger partial charge in [-0.15, -0.1) is 11.3 Å². The lowest BCUT2D eigenvalue weighted by atomic mass is 9.97. The molecule has 0 spiro atoms. The molecule has 0 aliphatic carbocycles. The van der Waals surface area contributed by atoms with Crippen LogP contribution in [0.1, 0.15) is 41.8 Å². The first-order valence-electron chi connectivity index (χ1n) is 7.33. The van der Waals surface area contributed by atoms with E-state index in [-0.39, 0.29) is 11.8 Å². The molecular formula is C15H19N3O2S. The predicted octanol–water partition coefficient (Wildman–Crippen LogP) is 2.78. The Morgan fingerprint density at radius 2 is 2.48 bits per heavy atom. The second kappa shape index (κ2) is 6.39. The molecule has 1 amide bonds. The molecule has 0 unspecified atom stereocenters. The maximum atomic E-state index is 12.3. The van der Waals surface area contributed by atoms with Crippen molar-refractivity contribution < 1.29 is 9.32 Å². The SMILES string of the molecule is Cc1nc([C@H]2CCCN(C(=O)CCc3cccs3)C2)no1. The Balaban J connectivity index is 1.56. The number of amides is 1. The van der Waals surface area contributed by atoms with E-state index in [1.54, 1.807) is 18.3 Å². The molecule has 1 aliphatic heterocycles. The molecule has 0 aromatic carbocycles. The number of carbonyl (C=O) groups is 1. The van der Waals surface area contributed by atoms with E-state index in [0.29, 0.717) is 18.9 Å². The molecule has 2 aromatic heterocycles. The Labute approximate surface area is 128 Å². The molecule has 21 heavy (non-hydrogen) atoms. The Bertz CT molecular complexity index is 594. The van der Waals surface area contributed by atoms with E-state index in [1.807, 2.05) is 11.0 Å². The molecule has 0 N–H and O–H groups in total. The summed E-state index contributed by atoms with van der Waals surface area (Å²) >= 11 is 1.71. The minimum Gasteiger partial charge on any atom is -0.342 e. The molecular weight excluding hydrogens is 286 g/mol. The average Bonchev–Trinajstić information content (AvgIpc) is 3.16. The number of piperidine rings is 1. The van der Waals surface area contributed by atoms with E-state index in [4.69, 9.17) is 4.52 Å². The lowest BCUT2D eigenvalue weighted by molar-refractivity contribution is -0.132. The van der Waals surface area contributed by atoms with Crippen LogP contribution in [0.15, 0.2) is 22.0 Å². The van der Waals surface area contributed by atoms with Gasteiger partial charge in [0, 0.05) is 37.2 Å². The molecule has 6 heteroatoms. The summed E-state index contributed by atoms with van der Waals surface area (Å²) in [4.78, 5) is 19.9. The quantitative estimate of drug-likeness (QED) is 0.871. The van der Waals surface area contributed by atoms with Gasteiger partial charge in [-0.05, 0) is 30.7 Å². The molecule has 112 valence electrons. The highest BCUT2D eigenvalue weighted by Crippen LogP contribution is 2.25. The number of aryl methyl sites for hydroxylation is 2. The van der Waals surface area contributed by atoms with E-state index >= 15 is 0 Å². The molecule has 0 bridgehead atoms. The fourth-order valence-electron chi connectivity index (χ4n) is 2.74. The molecule has 0 radical (unpaired) electrons. The highest BCUT2D eigenvalue weighted by molar-refractivity contribution is 7.09. The number of carbonyl (C=O) groups excluding carboxylic acids is 1. The van der Waals surface area contributed by atoms with Crippen molar-refractivity contribution in [1.29, 1.82) is 0 Å². The Hall–Kier alpha value is -1.69. The van der Waals surface area contributed by atoms with Gasteiger partial charge in [-0.1, -0.05) is 11.2 Å². The van der Waals surface area contributed by atoms with Gasteiger partial charge in [0.25, 0.3) is 0 Å². The van der Waals surface area contributed by atoms with E-state index in [1.165, 1.54) is 4.88 Å². The van der Waals surface area contributed by atoms with Gasteiger partial charge in [0.1, 0.15) is 0 Å². The third-order valence-electron chi connectivity index (χ3n) is 3.85. The monoisotopic (exact) mass is 305 g/mol. The molecule has 0 saturated carbocycles. The van der Waals surface area contributed by atoms with E-state index in [2.05, 4.69) is 21.6 Å². The first-order valence-corrected chi connectivity index (χ1v) is 8.20. The zero-order valence-electron chi connectivity index (χ0n) is 12.1. The maximum absolute atomic E-state index is 12.3. The maximum Gasteiger partial charge on any atom is 0.223 e. The van der Waals surface area contributed by atoms with Gasteiger partial charge in [-0.3, -0.25) is 4.79 Å². The van der Waals surface area contributed by atoms with Crippen molar-refractivity contribution in [3.8, 4) is 0 Å². The zero-order chi connectivity index (χ0) is 14.7. The summed E-state index contributed by atoms with van der Waals surface area (Å²) in [7, 11) is 0. The Morgan fingerprint density at radius 1 is 1.57 bits per heavy atom. The van der Waals surface area contributed by atoms with Crippen molar-refractivity contribution in [2.45, 2.75) is 38.5 Å². The topological polar surface area (TPSA) is 59.2 Å². The van der Waals surface area contributed by atoms with Gasteiger partial charge < -0.3 is 9.42 Å². The highest BCUT2D eigenvalue weighted by atomic mass is 32.1. The number of rotatable bonds is 4. The summed E-state index contributed by atoms with van der Waals surface area (Å²) < 4.78 is 5.05. The predicted molar refractivity (Wildman–Crippen MR) is 80.2 cm³/mol. The highest BCUT2D eigenvalue weighted by Gasteiger charge is 2.27. The molecule has 3 heterocycles. The van der Waals surface area contributed by atoms with Gasteiger partial charge in [0.2, 0.25) is 11.8 Å². The first-order chi connectivity index (χ1) is 10.2. The third-order valence-corrected chi connectivity index (χ3v) is 4.78. The van der Waals surface area contributed by atoms with Crippen LogP contribution in [0, 0.1) is 6.92 Å². The Kier molecular flexibility index (Phi) is 4.34. The van der Waals surface area contributed by atoms with Crippen LogP contribution in [0.2, 0.25) is 0 Å². The van der Waals surface area contributed by atoms with Crippen LogP contribution >= 0.6 is 11.3 Å². The van der Waals surface area contributed by atoms with Crippen molar-refractivity contribution in [3.05, 3.63) is 34.1 Å². The van der Waals surface area contributed by atoms with Crippen molar-refractivity contribution in [1.82, 2.24) is 15.0 Å². The van der Waals surface area contributed by atoms with Crippen molar-refractivity contribution in [3.63, 3.8) is 0 Å². The average molecular weight is 305 g/mol. The number of likely N-dealkylation sites (tertiary alicyclic amines) is 1. The summed E-state index contributed by atoms with van der Waals surface area (Å²) in [6.07, 6.45) is 3.44. The standard InChI is InChI=1S/C15H19N3O2S/c1-11-16-15(17-20-11)12-4-2-8-18(10-12)14(19)7-6-13-5-3-9-21-13/h3,5,9,12H,2,4,6-8,10H2,1H3/t12-/m0/s1. The minimum absolute atomic E-state index is 0.210. The normalized spacial score (nSPS) is 18.9. The molecule has 1 atom stereocenters. The largest absolute Gasteiger partial charge is 0.342 e. The fourth-order valence-corrected chi connectivity index (χ4v) is 3.45. The second-order valence-corrected chi connectivity index (χ2v) is 6.46. The van der Waals surface area contributed by atoms with Gasteiger partial charge in [0.15, 0.2) is 5.82 Å². The summed E-state index contributed by atoms with van der Waals surface area (Å²) in [6.45, 7) is 3.35. The van der Waals surface area contributed by atoms with Gasteiger partial charge >= 0.3 is 0 Å². The summed E-state index contributed by atoms with van der Waals surface area (Å²) in [5.74, 6) is 1.77. The van der Waals surface area contributed by atoms with E-state index in [0.717, 1.165) is 31.6 Å².